The van der Waals surface area contributed by atoms with Crippen LogP contribution in [-0.2, 0) is 9.59 Å². The fraction of sp³-hybridized carbons (Fsp3) is 0.759. The average Bonchev–Trinajstić information content (AvgIpc) is 2.72. The van der Waals surface area contributed by atoms with Crippen LogP contribution in [0, 0.1) is 57.8 Å². The van der Waals surface area contributed by atoms with Gasteiger partial charge in [0.2, 0.25) is 5.70 Å². The summed E-state index contributed by atoms with van der Waals surface area (Å²) < 4.78 is 0. The van der Waals surface area contributed by atoms with Crippen molar-refractivity contribution >= 4 is 11.6 Å². The number of fused-ring (bicyclic) bond motifs is 7. The van der Waals surface area contributed by atoms with Crippen LogP contribution in [0.3, 0.4) is 0 Å². The van der Waals surface area contributed by atoms with E-state index in [1.54, 1.807) is 0 Å². The van der Waals surface area contributed by atoms with Crippen LogP contribution in [0.2, 0.25) is 0 Å². The SMILES string of the molecule is [C-]#[N+]C1=C[C@]2(C)C3=CC(=O)[C@@H]4[C@@H]5CC(C)(C)CCC5CC[C@@]4(C)[C@]3(C)CC[C@H]2[C@H](C)C1=O. The predicted molar refractivity (Wildman–Crippen MR) is 126 cm³/mol. The monoisotopic (exact) mass is 433 g/mol. The third-order valence-corrected chi connectivity index (χ3v) is 11.3. The highest BCUT2D eigenvalue weighted by atomic mass is 16.1. The van der Waals surface area contributed by atoms with Crippen LogP contribution in [0.1, 0.15) is 86.5 Å². The van der Waals surface area contributed by atoms with Gasteiger partial charge in [-0.15, -0.1) is 0 Å². The number of nitrogens with zero attached hydrogens (tertiary/aromatic N) is 1. The van der Waals surface area contributed by atoms with Crippen molar-refractivity contribution in [3.8, 4) is 0 Å². The summed E-state index contributed by atoms with van der Waals surface area (Å²) in [6, 6.07) is 0. The molecule has 172 valence electrons. The minimum atomic E-state index is -0.382. The summed E-state index contributed by atoms with van der Waals surface area (Å²) in [5.41, 5.74) is 1.33. The average molecular weight is 434 g/mol. The Labute approximate surface area is 193 Å². The second-order valence-corrected chi connectivity index (χ2v) is 13.3. The number of rotatable bonds is 0. The second kappa shape index (κ2) is 6.68. The third-order valence-electron chi connectivity index (χ3n) is 11.3. The van der Waals surface area contributed by atoms with Crippen LogP contribution >= 0.6 is 0 Å². The molecule has 0 spiro atoms. The highest BCUT2D eigenvalue weighted by Gasteiger charge is 2.66. The molecular formula is C29H39NO2. The van der Waals surface area contributed by atoms with Gasteiger partial charge in [-0.2, -0.15) is 0 Å². The van der Waals surface area contributed by atoms with Crippen molar-refractivity contribution in [1.29, 1.82) is 0 Å². The standard InChI is InChI=1S/C29H39NO2/c1-17-20-10-13-28(5)23(27(20,4)16-21(30-7)25(17)32)14-22(31)24-19-15-26(2,3)11-8-18(19)9-12-29(24,28)6/h14,16-20,24H,8-13,15H2,1-6H3/t17-,18?,19+,20-,24-,27-,28+,29+/m0/s1. The van der Waals surface area contributed by atoms with E-state index in [2.05, 4.69) is 39.5 Å². The van der Waals surface area contributed by atoms with Gasteiger partial charge in [0.25, 0.3) is 0 Å². The number of carbonyl (C=O) groups excluding carboxylic acids is 2. The van der Waals surface area contributed by atoms with Crippen molar-refractivity contribution < 1.29 is 9.59 Å². The first kappa shape index (κ1) is 22.1. The van der Waals surface area contributed by atoms with Gasteiger partial charge in [0.1, 0.15) is 0 Å². The summed E-state index contributed by atoms with van der Waals surface area (Å²) in [6.45, 7) is 21.4. The number of Topliss-reactive ketones (excluding diaryl/α,β-unsaturated/α-hetero) is 1. The van der Waals surface area contributed by atoms with Gasteiger partial charge >= 0.3 is 0 Å². The van der Waals surface area contributed by atoms with Gasteiger partial charge in [-0.05, 0) is 85.0 Å². The normalized spacial score (nSPS) is 49.5. The summed E-state index contributed by atoms with van der Waals surface area (Å²) in [5, 5.41) is 0. The smallest absolute Gasteiger partial charge is 0.226 e. The lowest BCUT2D eigenvalue weighted by Gasteiger charge is -2.67. The molecule has 0 bridgehead atoms. The summed E-state index contributed by atoms with van der Waals surface area (Å²) >= 11 is 0. The minimum Gasteiger partial charge on any atom is -0.308 e. The van der Waals surface area contributed by atoms with Gasteiger partial charge in [0, 0.05) is 17.3 Å². The Morgan fingerprint density at radius 1 is 1.00 bits per heavy atom. The molecule has 5 aliphatic rings. The predicted octanol–water partition coefficient (Wildman–Crippen LogP) is 6.80. The van der Waals surface area contributed by atoms with E-state index in [-0.39, 0.29) is 45.5 Å². The number of allylic oxidation sites excluding steroid dienone is 4. The maximum atomic E-state index is 14.0. The van der Waals surface area contributed by atoms with Gasteiger partial charge < -0.3 is 4.79 Å². The van der Waals surface area contributed by atoms with Crippen LogP contribution in [-0.4, -0.2) is 11.6 Å². The third kappa shape index (κ3) is 2.65. The van der Waals surface area contributed by atoms with E-state index >= 15 is 0 Å². The van der Waals surface area contributed by atoms with E-state index in [0.29, 0.717) is 23.0 Å². The lowest BCUT2D eigenvalue weighted by Crippen LogP contribution is -2.62. The molecular weight excluding hydrogens is 394 g/mol. The van der Waals surface area contributed by atoms with E-state index in [9.17, 15) is 9.59 Å². The van der Waals surface area contributed by atoms with Gasteiger partial charge in [-0.1, -0.05) is 53.2 Å². The van der Waals surface area contributed by atoms with E-state index in [4.69, 9.17) is 6.57 Å². The second-order valence-electron chi connectivity index (χ2n) is 13.3. The Kier molecular flexibility index (Phi) is 4.62. The Hall–Kier alpha value is -1.69. The molecule has 0 amide bonds. The van der Waals surface area contributed by atoms with Gasteiger partial charge in [0.15, 0.2) is 11.6 Å². The summed E-state index contributed by atoms with van der Waals surface area (Å²) in [5.74, 6) is 1.64. The zero-order valence-corrected chi connectivity index (χ0v) is 20.8. The number of carbonyl (C=O) groups is 2. The van der Waals surface area contributed by atoms with Crippen molar-refractivity contribution in [2.24, 2.45) is 51.2 Å². The molecule has 0 aliphatic heterocycles. The van der Waals surface area contributed by atoms with E-state index in [0.717, 1.165) is 25.7 Å². The molecule has 0 saturated heterocycles. The molecule has 5 aliphatic carbocycles. The van der Waals surface area contributed by atoms with Crippen LogP contribution in [0.15, 0.2) is 23.4 Å². The van der Waals surface area contributed by atoms with Crippen molar-refractivity contribution in [3.05, 3.63) is 34.8 Å². The first-order valence-electron chi connectivity index (χ1n) is 12.8. The molecule has 0 heterocycles. The molecule has 3 nitrogen and oxygen atoms in total. The van der Waals surface area contributed by atoms with Gasteiger partial charge in [-0.3, -0.25) is 4.79 Å². The molecule has 3 fully saturated rings. The molecule has 0 N–H and O–H groups in total. The minimum absolute atomic E-state index is 0.0113. The zero-order valence-electron chi connectivity index (χ0n) is 20.8. The maximum Gasteiger partial charge on any atom is 0.226 e. The number of hydrogen-bond donors (Lipinski definition) is 0. The lowest BCUT2D eigenvalue weighted by molar-refractivity contribution is -0.153. The Bertz CT molecular complexity index is 995. The molecule has 1 unspecified atom stereocenters. The van der Waals surface area contributed by atoms with Crippen LogP contribution < -0.4 is 0 Å². The molecule has 0 radical (unpaired) electrons. The Balaban J connectivity index is 1.66. The molecule has 5 rings (SSSR count). The zero-order chi connectivity index (χ0) is 23.3. The lowest BCUT2D eigenvalue weighted by atomic mass is 9.36. The van der Waals surface area contributed by atoms with Crippen LogP contribution in [0.4, 0.5) is 0 Å². The van der Waals surface area contributed by atoms with Crippen LogP contribution in [0.25, 0.3) is 4.85 Å². The quantitative estimate of drug-likeness (QED) is 0.394. The molecule has 0 aromatic rings. The summed E-state index contributed by atoms with van der Waals surface area (Å²) in [7, 11) is 0. The molecule has 0 aromatic heterocycles. The molecule has 8 atom stereocenters. The number of ketones is 2. The van der Waals surface area contributed by atoms with E-state index in [1.807, 2.05) is 19.1 Å². The first-order chi connectivity index (χ1) is 14.9. The molecule has 3 heteroatoms. The maximum absolute atomic E-state index is 14.0. The Morgan fingerprint density at radius 3 is 2.38 bits per heavy atom. The van der Waals surface area contributed by atoms with Gasteiger partial charge in [0.05, 0.1) is 6.57 Å². The Morgan fingerprint density at radius 2 is 1.69 bits per heavy atom. The summed E-state index contributed by atoms with van der Waals surface area (Å²) in [6.07, 6.45) is 12.1. The highest BCUT2D eigenvalue weighted by Crippen LogP contribution is 2.72. The van der Waals surface area contributed by atoms with Crippen molar-refractivity contribution in [2.75, 3.05) is 0 Å². The first-order valence-corrected chi connectivity index (χ1v) is 12.8. The molecule has 3 saturated carbocycles. The van der Waals surface area contributed by atoms with Crippen molar-refractivity contribution in [2.45, 2.75) is 86.5 Å². The molecule has 0 aromatic carbocycles. The van der Waals surface area contributed by atoms with Crippen LogP contribution in [0.5, 0.6) is 0 Å². The fourth-order valence-electron chi connectivity index (χ4n) is 9.33. The van der Waals surface area contributed by atoms with Gasteiger partial charge in [-0.25, -0.2) is 4.85 Å². The van der Waals surface area contributed by atoms with E-state index < -0.39 is 0 Å². The van der Waals surface area contributed by atoms with Crippen molar-refractivity contribution in [3.63, 3.8) is 0 Å². The largest absolute Gasteiger partial charge is 0.308 e. The fourth-order valence-corrected chi connectivity index (χ4v) is 9.33. The topological polar surface area (TPSA) is 38.5 Å². The number of hydrogen-bond acceptors (Lipinski definition) is 2. The highest BCUT2D eigenvalue weighted by molar-refractivity contribution is 6.01. The van der Waals surface area contributed by atoms with E-state index in [1.165, 1.54) is 24.8 Å². The van der Waals surface area contributed by atoms with Crippen molar-refractivity contribution in [1.82, 2.24) is 0 Å². The molecule has 32 heavy (non-hydrogen) atoms. The summed E-state index contributed by atoms with van der Waals surface area (Å²) in [4.78, 5) is 30.4.